The highest BCUT2D eigenvalue weighted by molar-refractivity contribution is 7.80. The lowest BCUT2D eigenvalue weighted by molar-refractivity contribution is -0.119. The van der Waals surface area contributed by atoms with Crippen LogP contribution in [0.2, 0.25) is 0 Å². The summed E-state index contributed by atoms with van der Waals surface area (Å²) >= 11 is 5.12. The van der Waals surface area contributed by atoms with Crippen LogP contribution in [0.4, 0.5) is 5.82 Å². The van der Waals surface area contributed by atoms with Gasteiger partial charge in [0.25, 0.3) is 0 Å². The molecule has 1 amide bonds. The Hall–Kier alpha value is -1.69. The summed E-state index contributed by atoms with van der Waals surface area (Å²) in [5.41, 5.74) is 13.9. The zero-order chi connectivity index (χ0) is 14.2. The van der Waals surface area contributed by atoms with Crippen LogP contribution in [-0.2, 0) is 4.79 Å². The molecule has 1 fully saturated rings. The molecule has 1 aliphatic rings. The Kier molecular flexibility index (Phi) is 3.71. The molecule has 1 atom stereocenters. The second kappa shape index (κ2) is 5.13. The number of pyridine rings is 1. The van der Waals surface area contributed by atoms with Crippen molar-refractivity contribution >= 4 is 28.9 Å². The van der Waals surface area contributed by atoms with Crippen LogP contribution in [0.25, 0.3) is 0 Å². The molecule has 0 aliphatic carbocycles. The zero-order valence-corrected chi connectivity index (χ0v) is 12.0. The average Bonchev–Trinajstić information content (AvgIpc) is 2.75. The van der Waals surface area contributed by atoms with Crippen molar-refractivity contribution in [2.75, 3.05) is 11.4 Å². The molecule has 6 heteroatoms. The lowest BCUT2D eigenvalue weighted by Gasteiger charge is -2.26. The second-order valence-electron chi connectivity index (χ2n) is 4.90. The summed E-state index contributed by atoms with van der Waals surface area (Å²) in [6.45, 7) is 4.61. The Morgan fingerprint density at radius 2 is 2.16 bits per heavy atom. The van der Waals surface area contributed by atoms with Gasteiger partial charge in [-0.25, -0.2) is 4.98 Å². The van der Waals surface area contributed by atoms with E-state index in [4.69, 9.17) is 23.7 Å². The summed E-state index contributed by atoms with van der Waals surface area (Å²) in [6, 6.07) is 1.62. The third kappa shape index (κ3) is 2.53. The molecule has 4 N–H and O–H groups in total. The summed E-state index contributed by atoms with van der Waals surface area (Å²) in [7, 11) is 0. The molecule has 1 saturated heterocycles. The Morgan fingerprint density at radius 3 is 2.74 bits per heavy atom. The molecule has 1 aromatic heterocycles. The summed E-state index contributed by atoms with van der Waals surface area (Å²) in [5, 5.41) is 0. The van der Waals surface area contributed by atoms with Gasteiger partial charge in [-0.1, -0.05) is 12.2 Å². The van der Waals surface area contributed by atoms with E-state index < -0.39 is 0 Å². The molecule has 0 spiro atoms. The molecule has 1 aliphatic heterocycles. The number of hydrogen-bond donors (Lipinski definition) is 2. The van der Waals surface area contributed by atoms with E-state index in [1.807, 2.05) is 24.8 Å². The maximum atomic E-state index is 11.5. The van der Waals surface area contributed by atoms with Crippen molar-refractivity contribution in [3.8, 4) is 0 Å². The lowest BCUT2D eigenvalue weighted by atomic mass is 10.1. The van der Waals surface area contributed by atoms with Gasteiger partial charge in [0.05, 0.1) is 5.56 Å². The van der Waals surface area contributed by atoms with Gasteiger partial charge in [0.2, 0.25) is 5.91 Å². The van der Waals surface area contributed by atoms with Crippen LogP contribution in [0, 0.1) is 13.8 Å². The maximum Gasteiger partial charge on any atom is 0.240 e. The molecule has 0 bridgehead atoms. The first-order valence-electron chi connectivity index (χ1n) is 6.26. The van der Waals surface area contributed by atoms with E-state index in [-0.39, 0.29) is 11.9 Å². The van der Waals surface area contributed by atoms with E-state index in [0.29, 0.717) is 10.8 Å². The van der Waals surface area contributed by atoms with Crippen LogP contribution in [0.3, 0.4) is 0 Å². The molecule has 0 saturated carbocycles. The van der Waals surface area contributed by atoms with Gasteiger partial charge in [0.15, 0.2) is 0 Å². The molecule has 1 aromatic rings. The normalized spacial score (nSPS) is 18.6. The number of aromatic nitrogens is 1. The van der Waals surface area contributed by atoms with Crippen molar-refractivity contribution < 1.29 is 4.79 Å². The number of anilines is 1. The van der Waals surface area contributed by atoms with E-state index in [9.17, 15) is 4.79 Å². The Labute approximate surface area is 118 Å². The number of thiocarbonyl (C=S) groups is 1. The van der Waals surface area contributed by atoms with Crippen LogP contribution in [0.1, 0.15) is 29.7 Å². The summed E-state index contributed by atoms with van der Waals surface area (Å²) in [6.07, 6.45) is 1.67. The fourth-order valence-corrected chi connectivity index (χ4v) is 2.90. The molecule has 19 heavy (non-hydrogen) atoms. The van der Waals surface area contributed by atoms with E-state index in [1.165, 1.54) is 0 Å². The zero-order valence-electron chi connectivity index (χ0n) is 11.1. The van der Waals surface area contributed by atoms with Crippen molar-refractivity contribution in [3.05, 3.63) is 22.9 Å². The summed E-state index contributed by atoms with van der Waals surface area (Å²) in [4.78, 5) is 18.3. The largest absolute Gasteiger partial charge is 0.389 e. The molecule has 0 radical (unpaired) electrons. The Balaban J connectivity index is 2.55. The van der Waals surface area contributed by atoms with Crippen molar-refractivity contribution in [1.29, 1.82) is 0 Å². The van der Waals surface area contributed by atoms with Crippen molar-refractivity contribution in [3.63, 3.8) is 0 Å². The minimum Gasteiger partial charge on any atom is -0.389 e. The SMILES string of the molecule is Cc1cc(C)c(C(N)=S)c(N2CCCC2C(N)=O)n1. The van der Waals surface area contributed by atoms with Crippen LogP contribution < -0.4 is 16.4 Å². The van der Waals surface area contributed by atoms with Crippen molar-refractivity contribution in [2.24, 2.45) is 11.5 Å². The number of nitrogens with zero attached hydrogens (tertiary/aromatic N) is 2. The first-order valence-corrected chi connectivity index (χ1v) is 6.66. The van der Waals surface area contributed by atoms with Crippen LogP contribution >= 0.6 is 12.2 Å². The molecule has 2 heterocycles. The van der Waals surface area contributed by atoms with Crippen LogP contribution in [0.5, 0.6) is 0 Å². The number of hydrogen-bond acceptors (Lipinski definition) is 4. The van der Waals surface area contributed by atoms with Gasteiger partial charge in [-0.2, -0.15) is 0 Å². The molecule has 102 valence electrons. The number of rotatable bonds is 3. The molecule has 0 aromatic carbocycles. The quantitative estimate of drug-likeness (QED) is 0.798. The second-order valence-corrected chi connectivity index (χ2v) is 5.34. The van der Waals surface area contributed by atoms with Gasteiger partial charge in [-0.15, -0.1) is 0 Å². The lowest BCUT2D eigenvalue weighted by Crippen LogP contribution is -2.41. The number of amides is 1. The standard InChI is InChI=1S/C13H18N4OS/c1-7-6-8(2)16-13(10(7)12(15)19)17-5-3-4-9(17)11(14)18/h6,9H,3-5H2,1-2H3,(H2,14,18)(H2,15,19). The highest BCUT2D eigenvalue weighted by Crippen LogP contribution is 2.29. The molecule has 1 unspecified atom stereocenters. The van der Waals surface area contributed by atoms with E-state index in [1.54, 1.807) is 0 Å². The minimum atomic E-state index is -0.327. The molecular formula is C13H18N4OS. The third-order valence-corrected chi connectivity index (χ3v) is 3.63. The van der Waals surface area contributed by atoms with E-state index >= 15 is 0 Å². The van der Waals surface area contributed by atoms with Crippen LogP contribution in [0.15, 0.2) is 6.07 Å². The fraction of sp³-hybridized carbons (Fsp3) is 0.462. The Morgan fingerprint density at radius 1 is 1.47 bits per heavy atom. The molecule has 2 rings (SSSR count). The maximum absolute atomic E-state index is 11.5. The monoisotopic (exact) mass is 278 g/mol. The first kappa shape index (κ1) is 13.7. The van der Waals surface area contributed by atoms with Crippen molar-refractivity contribution in [1.82, 2.24) is 4.98 Å². The van der Waals surface area contributed by atoms with Gasteiger partial charge < -0.3 is 16.4 Å². The van der Waals surface area contributed by atoms with Gasteiger partial charge in [-0.05, 0) is 38.3 Å². The third-order valence-electron chi connectivity index (χ3n) is 3.43. The number of carbonyl (C=O) groups excluding carboxylic acids is 1. The Bertz CT molecular complexity index is 544. The van der Waals surface area contributed by atoms with Crippen LogP contribution in [-0.4, -0.2) is 28.5 Å². The number of aryl methyl sites for hydroxylation is 2. The number of primary amides is 1. The summed E-state index contributed by atoms with van der Waals surface area (Å²) in [5.74, 6) is 0.360. The fourth-order valence-electron chi connectivity index (χ4n) is 2.65. The highest BCUT2D eigenvalue weighted by Gasteiger charge is 2.32. The topological polar surface area (TPSA) is 85.2 Å². The van der Waals surface area contributed by atoms with E-state index in [0.717, 1.165) is 36.2 Å². The van der Waals surface area contributed by atoms with Crippen molar-refractivity contribution in [2.45, 2.75) is 32.7 Å². The van der Waals surface area contributed by atoms with Gasteiger partial charge in [0, 0.05) is 12.2 Å². The number of nitrogens with two attached hydrogens (primary N) is 2. The molecule has 5 nitrogen and oxygen atoms in total. The first-order chi connectivity index (χ1) is 8.91. The van der Waals surface area contributed by atoms with Gasteiger partial charge >= 0.3 is 0 Å². The number of carbonyl (C=O) groups is 1. The smallest absolute Gasteiger partial charge is 0.240 e. The van der Waals surface area contributed by atoms with Gasteiger partial charge in [0.1, 0.15) is 16.8 Å². The minimum absolute atomic E-state index is 0.301. The van der Waals surface area contributed by atoms with Gasteiger partial charge in [-0.3, -0.25) is 4.79 Å². The predicted molar refractivity (Wildman–Crippen MR) is 79.2 cm³/mol. The highest BCUT2D eigenvalue weighted by atomic mass is 32.1. The molecular weight excluding hydrogens is 260 g/mol. The summed E-state index contributed by atoms with van der Waals surface area (Å²) < 4.78 is 0. The predicted octanol–water partition coefficient (Wildman–Crippen LogP) is 0.787. The average molecular weight is 278 g/mol. The van der Waals surface area contributed by atoms with E-state index in [2.05, 4.69) is 4.98 Å².